The van der Waals surface area contributed by atoms with Gasteiger partial charge in [0.2, 0.25) is 5.95 Å². The third kappa shape index (κ3) is 4.88. The van der Waals surface area contributed by atoms with Crippen LogP contribution in [0.3, 0.4) is 0 Å². The second-order valence-corrected chi connectivity index (χ2v) is 10.7. The van der Waals surface area contributed by atoms with E-state index in [4.69, 9.17) is 9.97 Å². The number of halogens is 1. The van der Waals surface area contributed by atoms with Crippen molar-refractivity contribution in [1.29, 1.82) is 0 Å². The van der Waals surface area contributed by atoms with Crippen molar-refractivity contribution in [1.82, 2.24) is 39.7 Å². The molecule has 1 saturated heterocycles. The number of nitrogens with zero attached hydrogens (tertiary/aromatic N) is 9. The zero-order valence-corrected chi connectivity index (χ0v) is 23.2. The number of aryl methyl sites for hydroxylation is 1. The number of aromatic nitrogens is 7. The van der Waals surface area contributed by atoms with Crippen LogP contribution >= 0.6 is 0 Å². The molecule has 0 saturated carbocycles. The lowest BCUT2D eigenvalue weighted by atomic mass is 9.85. The molecular formula is C29H33FN10. The molecular weight excluding hydrogens is 507 g/mol. The van der Waals surface area contributed by atoms with Crippen LogP contribution in [0.2, 0.25) is 0 Å². The van der Waals surface area contributed by atoms with Crippen molar-refractivity contribution in [3.05, 3.63) is 84.6 Å². The second kappa shape index (κ2) is 10.3. The van der Waals surface area contributed by atoms with E-state index in [0.29, 0.717) is 5.95 Å². The van der Waals surface area contributed by atoms with Crippen LogP contribution in [0.1, 0.15) is 31.9 Å². The Morgan fingerprint density at radius 1 is 0.850 bits per heavy atom. The van der Waals surface area contributed by atoms with Crippen LogP contribution in [-0.4, -0.2) is 66.6 Å². The smallest absolute Gasteiger partial charge is 0.225 e. The number of nitrogens with one attached hydrogen (secondary N) is 1. The normalized spacial score (nSPS) is 15.7. The zero-order chi connectivity index (χ0) is 27.9. The predicted octanol–water partition coefficient (Wildman–Crippen LogP) is 3.65. The molecule has 6 rings (SSSR count). The Labute approximate surface area is 232 Å². The molecule has 0 radical (unpaired) electrons. The Hall–Kier alpha value is -4.38. The number of anilines is 2. The lowest BCUT2D eigenvalue weighted by Gasteiger charge is -2.36. The highest BCUT2D eigenvalue weighted by molar-refractivity contribution is 5.77. The van der Waals surface area contributed by atoms with E-state index in [0.717, 1.165) is 59.8 Å². The largest absolute Gasteiger partial charge is 0.351 e. The van der Waals surface area contributed by atoms with Crippen LogP contribution in [0.15, 0.2) is 67.6 Å². The van der Waals surface area contributed by atoms with Gasteiger partial charge >= 0.3 is 0 Å². The summed E-state index contributed by atoms with van der Waals surface area (Å²) in [5, 5.41) is 12.3. The molecule has 5 heterocycles. The topological polar surface area (TPSA) is 92.3 Å². The molecule has 4 aromatic heterocycles. The van der Waals surface area contributed by atoms with E-state index in [1.165, 1.54) is 12.1 Å². The molecule has 0 unspecified atom stereocenters. The van der Waals surface area contributed by atoms with Gasteiger partial charge in [-0.2, -0.15) is 10.2 Å². The first-order chi connectivity index (χ1) is 19.3. The van der Waals surface area contributed by atoms with Gasteiger partial charge in [0, 0.05) is 80.7 Å². The Morgan fingerprint density at radius 3 is 2.20 bits per heavy atom. The van der Waals surface area contributed by atoms with Crippen molar-refractivity contribution >= 4 is 17.3 Å². The number of benzene rings is 1. The van der Waals surface area contributed by atoms with E-state index in [1.807, 2.05) is 54.7 Å². The molecule has 1 fully saturated rings. The van der Waals surface area contributed by atoms with E-state index < -0.39 is 5.54 Å². The van der Waals surface area contributed by atoms with Gasteiger partial charge in [-0.1, -0.05) is 12.1 Å². The maximum Gasteiger partial charge on any atom is 0.225 e. The molecule has 0 spiro atoms. The van der Waals surface area contributed by atoms with Crippen molar-refractivity contribution in [2.75, 3.05) is 36.0 Å². The fourth-order valence-electron chi connectivity index (χ4n) is 5.44. The summed E-state index contributed by atoms with van der Waals surface area (Å²) in [5.74, 6) is 1.36. The van der Waals surface area contributed by atoms with Crippen LogP contribution in [0.4, 0.5) is 16.2 Å². The maximum atomic E-state index is 13.6. The van der Waals surface area contributed by atoms with Gasteiger partial charge in [-0.15, -0.1) is 0 Å². The van der Waals surface area contributed by atoms with Crippen LogP contribution in [0, 0.1) is 5.82 Å². The van der Waals surface area contributed by atoms with Crippen molar-refractivity contribution in [3.63, 3.8) is 0 Å². The van der Waals surface area contributed by atoms with Gasteiger partial charge in [0.15, 0.2) is 5.82 Å². The fourth-order valence-corrected chi connectivity index (χ4v) is 5.44. The number of rotatable bonds is 7. The highest BCUT2D eigenvalue weighted by Gasteiger charge is 2.31. The van der Waals surface area contributed by atoms with Crippen molar-refractivity contribution in [2.24, 2.45) is 7.05 Å². The third-order valence-corrected chi connectivity index (χ3v) is 7.50. The van der Waals surface area contributed by atoms with E-state index in [2.05, 4.69) is 57.1 Å². The SMILES string of the molecule is CC(C)N[C@@](C)(c1ccc(F)cc1)c1cnc(N2CCN(c3ncnn4cc(-c5cnn(C)c5)cc34)CC2)nc1. The maximum absolute atomic E-state index is 13.6. The van der Waals surface area contributed by atoms with Gasteiger partial charge < -0.3 is 15.1 Å². The highest BCUT2D eigenvalue weighted by Crippen LogP contribution is 2.31. The van der Waals surface area contributed by atoms with Gasteiger partial charge in [0.1, 0.15) is 17.7 Å². The average Bonchev–Trinajstić information content (AvgIpc) is 3.59. The molecule has 1 aliphatic heterocycles. The Balaban J connectivity index is 1.18. The van der Waals surface area contributed by atoms with E-state index in [1.54, 1.807) is 11.0 Å². The monoisotopic (exact) mass is 540 g/mol. The van der Waals surface area contributed by atoms with E-state index in [9.17, 15) is 4.39 Å². The second-order valence-electron chi connectivity index (χ2n) is 10.7. The molecule has 0 bridgehead atoms. The minimum Gasteiger partial charge on any atom is -0.351 e. The summed E-state index contributed by atoms with van der Waals surface area (Å²) in [6.07, 6.45) is 11.2. The summed E-state index contributed by atoms with van der Waals surface area (Å²) in [5.41, 5.74) is 4.40. The van der Waals surface area contributed by atoms with Gasteiger partial charge in [-0.05, 0) is 44.5 Å². The molecule has 10 nitrogen and oxygen atoms in total. The number of fused-ring (bicyclic) bond motifs is 1. The molecule has 0 aliphatic carbocycles. The van der Waals surface area contributed by atoms with Crippen LogP contribution in [-0.2, 0) is 12.6 Å². The Kier molecular flexibility index (Phi) is 6.67. The van der Waals surface area contributed by atoms with Gasteiger partial charge in [-0.3, -0.25) is 4.68 Å². The Bertz CT molecular complexity index is 1600. The first-order valence-electron chi connectivity index (χ1n) is 13.5. The van der Waals surface area contributed by atoms with Crippen LogP contribution in [0.5, 0.6) is 0 Å². The lowest BCUT2D eigenvalue weighted by Crippen LogP contribution is -2.48. The Morgan fingerprint density at radius 2 is 1.55 bits per heavy atom. The molecule has 1 aromatic carbocycles. The van der Waals surface area contributed by atoms with E-state index >= 15 is 0 Å². The highest BCUT2D eigenvalue weighted by atomic mass is 19.1. The average molecular weight is 541 g/mol. The number of hydrogen-bond acceptors (Lipinski definition) is 8. The first-order valence-corrected chi connectivity index (χ1v) is 13.5. The van der Waals surface area contributed by atoms with Crippen molar-refractivity contribution < 1.29 is 4.39 Å². The standard InChI is InChI=1S/C29H33FN10/c1-20(2)36-29(3,23-5-7-25(30)8-6-23)24-15-31-28(32-16-24)39-11-9-38(10-12-39)27-26-13-21(18-40(26)35-19-33-27)22-14-34-37(4)17-22/h5-8,13-20,36H,9-12H2,1-4H3/t29-/m0/s1. The molecule has 1 atom stereocenters. The van der Waals surface area contributed by atoms with E-state index in [-0.39, 0.29) is 11.9 Å². The van der Waals surface area contributed by atoms with Crippen LogP contribution < -0.4 is 15.1 Å². The molecule has 5 aromatic rings. The number of piperazine rings is 1. The predicted molar refractivity (Wildman–Crippen MR) is 153 cm³/mol. The molecule has 11 heteroatoms. The third-order valence-electron chi connectivity index (χ3n) is 7.50. The zero-order valence-electron chi connectivity index (χ0n) is 23.2. The quantitative estimate of drug-likeness (QED) is 0.335. The fraction of sp³-hybridized carbons (Fsp3) is 0.345. The molecule has 40 heavy (non-hydrogen) atoms. The van der Waals surface area contributed by atoms with Gasteiger partial charge in [-0.25, -0.2) is 23.9 Å². The molecule has 0 amide bonds. The van der Waals surface area contributed by atoms with Crippen molar-refractivity contribution in [3.8, 4) is 11.1 Å². The minimum atomic E-state index is -0.552. The van der Waals surface area contributed by atoms with Crippen LogP contribution in [0.25, 0.3) is 16.6 Å². The summed E-state index contributed by atoms with van der Waals surface area (Å²) >= 11 is 0. The summed E-state index contributed by atoms with van der Waals surface area (Å²) in [4.78, 5) is 18.6. The lowest BCUT2D eigenvalue weighted by molar-refractivity contribution is 0.393. The summed E-state index contributed by atoms with van der Waals surface area (Å²) in [6, 6.07) is 8.92. The summed E-state index contributed by atoms with van der Waals surface area (Å²) < 4.78 is 17.3. The minimum absolute atomic E-state index is 0.206. The van der Waals surface area contributed by atoms with Crippen molar-refractivity contribution in [2.45, 2.75) is 32.4 Å². The molecule has 1 N–H and O–H groups in total. The van der Waals surface area contributed by atoms with Gasteiger partial charge in [0.05, 0.1) is 11.7 Å². The number of hydrogen-bond donors (Lipinski definition) is 1. The summed E-state index contributed by atoms with van der Waals surface area (Å²) in [6.45, 7) is 9.38. The molecule has 1 aliphatic rings. The first kappa shape index (κ1) is 25.9. The molecule has 206 valence electrons. The van der Waals surface area contributed by atoms with Gasteiger partial charge in [0.25, 0.3) is 0 Å². The summed E-state index contributed by atoms with van der Waals surface area (Å²) in [7, 11) is 1.91.